The molecule has 0 amide bonds. The first kappa shape index (κ1) is 10.6. The standard InChI is InChI=1S/C18H11/c1-2-6-15(7-3-1)10-11-16-12-13-17-8-4-5-9-18(17)14-16/h1-9,12-13H. The molecular formula is C18H11. The van der Waals surface area contributed by atoms with E-state index in [4.69, 9.17) is 0 Å². The first-order valence-electron chi connectivity index (χ1n) is 5.90. The second kappa shape index (κ2) is 4.77. The molecule has 3 aromatic rings. The molecule has 0 atom stereocenters. The second-order valence-electron chi connectivity index (χ2n) is 4.08. The molecule has 0 aromatic heterocycles. The molecule has 0 N–H and O–H groups in total. The highest BCUT2D eigenvalue weighted by Crippen LogP contribution is 2.14. The van der Waals surface area contributed by atoms with Gasteiger partial charge in [-0.2, -0.15) is 0 Å². The van der Waals surface area contributed by atoms with Gasteiger partial charge in [0.2, 0.25) is 0 Å². The van der Waals surface area contributed by atoms with Crippen molar-refractivity contribution in [1.82, 2.24) is 0 Å². The van der Waals surface area contributed by atoms with Crippen molar-refractivity contribution in [2.45, 2.75) is 0 Å². The summed E-state index contributed by atoms with van der Waals surface area (Å²) in [5.74, 6) is 6.29. The van der Waals surface area contributed by atoms with Crippen molar-refractivity contribution in [2.75, 3.05) is 0 Å². The van der Waals surface area contributed by atoms with Crippen molar-refractivity contribution >= 4 is 10.8 Å². The van der Waals surface area contributed by atoms with Crippen LogP contribution in [-0.2, 0) is 0 Å². The van der Waals surface area contributed by atoms with Crippen LogP contribution >= 0.6 is 0 Å². The molecule has 0 aliphatic rings. The molecule has 0 aliphatic heterocycles. The largest absolute Gasteiger partial charge is 0.0622 e. The molecular weight excluding hydrogens is 216 g/mol. The number of hydrogen-bond acceptors (Lipinski definition) is 0. The lowest BCUT2D eigenvalue weighted by molar-refractivity contribution is 1.64. The van der Waals surface area contributed by atoms with Crippen LogP contribution in [0.1, 0.15) is 11.1 Å². The van der Waals surface area contributed by atoms with Crippen molar-refractivity contribution in [1.29, 1.82) is 0 Å². The van der Waals surface area contributed by atoms with Gasteiger partial charge in [0, 0.05) is 17.2 Å². The van der Waals surface area contributed by atoms with Crippen LogP contribution in [0.4, 0.5) is 0 Å². The predicted molar refractivity (Wildman–Crippen MR) is 75.2 cm³/mol. The van der Waals surface area contributed by atoms with E-state index >= 15 is 0 Å². The predicted octanol–water partition coefficient (Wildman–Crippen LogP) is 4.04. The molecule has 83 valence electrons. The Bertz CT molecular complexity index is 728. The van der Waals surface area contributed by atoms with Gasteiger partial charge < -0.3 is 0 Å². The monoisotopic (exact) mass is 227 g/mol. The number of hydrogen-bond donors (Lipinski definition) is 0. The minimum absolute atomic E-state index is 0.928. The van der Waals surface area contributed by atoms with Crippen LogP contribution in [0.2, 0.25) is 0 Å². The summed E-state index contributed by atoms with van der Waals surface area (Å²) in [6.07, 6.45) is 0. The summed E-state index contributed by atoms with van der Waals surface area (Å²) >= 11 is 0. The molecule has 3 aromatic carbocycles. The van der Waals surface area contributed by atoms with Gasteiger partial charge in [0.15, 0.2) is 0 Å². The first-order valence-corrected chi connectivity index (χ1v) is 5.90. The molecule has 0 fully saturated rings. The van der Waals surface area contributed by atoms with Gasteiger partial charge in [-0.05, 0) is 29.0 Å². The van der Waals surface area contributed by atoms with Crippen LogP contribution in [0.5, 0.6) is 0 Å². The Morgan fingerprint density at radius 1 is 0.667 bits per heavy atom. The van der Waals surface area contributed by atoms with Gasteiger partial charge in [-0.25, -0.2) is 0 Å². The van der Waals surface area contributed by atoms with Crippen molar-refractivity contribution in [3.05, 3.63) is 83.9 Å². The summed E-state index contributed by atoms with van der Waals surface area (Å²) in [6.45, 7) is 0. The zero-order valence-corrected chi connectivity index (χ0v) is 9.85. The Morgan fingerprint density at radius 2 is 1.44 bits per heavy atom. The van der Waals surface area contributed by atoms with Gasteiger partial charge in [0.25, 0.3) is 0 Å². The summed E-state index contributed by atoms with van der Waals surface area (Å²) in [7, 11) is 0. The molecule has 1 radical (unpaired) electrons. The van der Waals surface area contributed by atoms with Crippen LogP contribution < -0.4 is 0 Å². The fourth-order valence-corrected chi connectivity index (χ4v) is 1.85. The van der Waals surface area contributed by atoms with Crippen LogP contribution in [-0.4, -0.2) is 0 Å². The minimum Gasteiger partial charge on any atom is -0.0622 e. The average molecular weight is 227 g/mol. The van der Waals surface area contributed by atoms with E-state index < -0.39 is 0 Å². The van der Waals surface area contributed by atoms with Crippen LogP contribution in [0.3, 0.4) is 0 Å². The van der Waals surface area contributed by atoms with E-state index in [1.165, 1.54) is 5.39 Å². The Labute approximate surface area is 107 Å². The fraction of sp³-hybridized carbons (Fsp3) is 0. The Hall–Kier alpha value is -2.52. The van der Waals surface area contributed by atoms with E-state index in [1.54, 1.807) is 0 Å². The maximum atomic E-state index is 3.32. The molecule has 18 heavy (non-hydrogen) atoms. The van der Waals surface area contributed by atoms with E-state index in [0.717, 1.165) is 16.5 Å². The number of fused-ring (bicyclic) bond motifs is 1. The average Bonchev–Trinajstić information content (AvgIpc) is 2.46. The minimum atomic E-state index is 0.928. The van der Waals surface area contributed by atoms with Crippen LogP contribution in [0.15, 0.2) is 66.7 Å². The summed E-state index contributed by atoms with van der Waals surface area (Å²) < 4.78 is 0. The SMILES string of the molecule is C(#Cc1ccccc1)c1[c]c2ccccc2cc1. The lowest BCUT2D eigenvalue weighted by Gasteiger charge is -1.96. The highest BCUT2D eigenvalue weighted by Gasteiger charge is 1.93. The van der Waals surface area contributed by atoms with Crippen molar-refractivity contribution in [3.63, 3.8) is 0 Å². The van der Waals surface area contributed by atoms with E-state index in [2.05, 4.69) is 36.1 Å². The molecule has 0 heterocycles. The number of rotatable bonds is 0. The molecule has 0 saturated heterocycles. The van der Waals surface area contributed by atoms with Crippen molar-refractivity contribution in [2.24, 2.45) is 0 Å². The topological polar surface area (TPSA) is 0 Å². The van der Waals surface area contributed by atoms with Gasteiger partial charge in [0.05, 0.1) is 0 Å². The normalized spacial score (nSPS) is 9.78. The highest BCUT2D eigenvalue weighted by atomic mass is 14.0. The van der Waals surface area contributed by atoms with Crippen molar-refractivity contribution < 1.29 is 0 Å². The third-order valence-corrected chi connectivity index (χ3v) is 2.77. The molecule has 0 bridgehead atoms. The van der Waals surface area contributed by atoms with Crippen LogP contribution in [0.25, 0.3) is 10.8 Å². The zero-order valence-electron chi connectivity index (χ0n) is 9.85. The van der Waals surface area contributed by atoms with Gasteiger partial charge in [-0.1, -0.05) is 60.4 Å². The first-order chi connectivity index (χ1) is 8.92. The third kappa shape index (κ3) is 2.26. The summed E-state index contributed by atoms with van der Waals surface area (Å²) in [5.41, 5.74) is 1.96. The quantitative estimate of drug-likeness (QED) is 0.508. The molecule has 3 rings (SSSR count). The van der Waals surface area contributed by atoms with E-state index in [9.17, 15) is 0 Å². The molecule has 0 unspecified atom stereocenters. The molecule has 0 nitrogen and oxygen atoms in total. The van der Waals surface area contributed by atoms with E-state index in [1.807, 2.05) is 48.5 Å². The zero-order chi connectivity index (χ0) is 12.2. The Balaban J connectivity index is 1.99. The van der Waals surface area contributed by atoms with E-state index in [0.29, 0.717) is 0 Å². The smallest absolute Gasteiger partial charge is 0.0334 e. The van der Waals surface area contributed by atoms with Gasteiger partial charge in [-0.15, -0.1) is 0 Å². The lowest BCUT2D eigenvalue weighted by atomic mass is 10.1. The summed E-state index contributed by atoms with van der Waals surface area (Å²) in [5, 5.41) is 2.31. The molecule has 0 heteroatoms. The third-order valence-electron chi connectivity index (χ3n) is 2.77. The van der Waals surface area contributed by atoms with Gasteiger partial charge >= 0.3 is 0 Å². The maximum absolute atomic E-state index is 3.32. The Kier molecular flexibility index (Phi) is 2.82. The molecule has 0 spiro atoms. The van der Waals surface area contributed by atoms with Crippen LogP contribution in [0, 0.1) is 17.9 Å². The van der Waals surface area contributed by atoms with E-state index in [-0.39, 0.29) is 0 Å². The molecule has 0 aliphatic carbocycles. The highest BCUT2D eigenvalue weighted by molar-refractivity contribution is 5.83. The summed E-state index contributed by atoms with van der Waals surface area (Å²) in [6, 6.07) is 25.6. The van der Waals surface area contributed by atoms with Gasteiger partial charge in [-0.3, -0.25) is 0 Å². The lowest BCUT2D eigenvalue weighted by Crippen LogP contribution is -1.78. The second-order valence-corrected chi connectivity index (χ2v) is 4.08. The summed E-state index contributed by atoms with van der Waals surface area (Å²) in [4.78, 5) is 0. The van der Waals surface area contributed by atoms with Gasteiger partial charge in [0.1, 0.15) is 0 Å². The van der Waals surface area contributed by atoms with Crippen molar-refractivity contribution in [3.8, 4) is 11.8 Å². The Morgan fingerprint density at radius 3 is 2.33 bits per heavy atom. The molecule has 0 saturated carbocycles. The number of benzene rings is 3. The maximum Gasteiger partial charge on any atom is 0.0334 e. The fourth-order valence-electron chi connectivity index (χ4n) is 1.85.